The number of anilines is 1. The molecule has 2 heterocycles. The SMILES string of the molecule is C=CCNc1nc(C(=O)OCc2cc3c(cc2Br)OCO3)cs1. The van der Waals surface area contributed by atoms with Crippen LogP contribution in [0.15, 0.2) is 34.6 Å². The van der Waals surface area contributed by atoms with E-state index in [1.807, 2.05) is 0 Å². The smallest absolute Gasteiger partial charge is 0.358 e. The van der Waals surface area contributed by atoms with E-state index in [2.05, 4.69) is 32.8 Å². The van der Waals surface area contributed by atoms with Gasteiger partial charge in [-0.3, -0.25) is 0 Å². The van der Waals surface area contributed by atoms with Gasteiger partial charge in [0.05, 0.1) is 0 Å². The van der Waals surface area contributed by atoms with Crippen molar-refractivity contribution >= 4 is 38.4 Å². The molecule has 3 rings (SSSR count). The summed E-state index contributed by atoms with van der Waals surface area (Å²) in [5, 5.41) is 5.33. The Morgan fingerprint density at radius 1 is 1.48 bits per heavy atom. The summed E-state index contributed by atoms with van der Waals surface area (Å²) in [5.74, 6) is 0.839. The van der Waals surface area contributed by atoms with Gasteiger partial charge in [-0.15, -0.1) is 17.9 Å². The van der Waals surface area contributed by atoms with Gasteiger partial charge in [0, 0.05) is 22.0 Å². The van der Waals surface area contributed by atoms with Gasteiger partial charge in [0.1, 0.15) is 6.61 Å². The molecule has 2 aromatic rings. The molecule has 0 spiro atoms. The molecule has 1 aromatic heterocycles. The number of fused-ring (bicyclic) bond motifs is 1. The summed E-state index contributed by atoms with van der Waals surface area (Å²) in [7, 11) is 0. The van der Waals surface area contributed by atoms with Crippen LogP contribution < -0.4 is 14.8 Å². The van der Waals surface area contributed by atoms with Crippen molar-refractivity contribution in [2.45, 2.75) is 6.61 Å². The number of hydrogen-bond acceptors (Lipinski definition) is 7. The molecule has 0 amide bonds. The molecule has 0 atom stereocenters. The molecule has 0 aliphatic carbocycles. The minimum atomic E-state index is -0.475. The van der Waals surface area contributed by atoms with E-state index in [1.165, 1.54) is 11.3 Å². The Morgan fingerprint density at radius 2 is 2.26 bits per heavy atom. The first kappa shape index (κ1) is 15.8. The minimum Gasteiger partial charge on any atom is -0.456 e. The number of aromatic nitrogens is 1. The Hall–Kier alpha value is -2.06. The highest BCUT2D eigenvalue weighted by atomic mass is 79.9. The van der Waals surface area contributed by atoms with E-state index >= 15 is 0 Å². The zero-order valence-electron chi connectivity index (χ0n) is 12.0. The van der Waals surface area contributed by atoms with Crippen molar-refractivity contribution in [3.63, 3.8) is 0 Å². The highest BCUT2D eigenvalue weighted by Crippen LogP contribution is 2.37. The van der Waals surface area contributed by atoms with Crippen LogP contribution in [0.25, 0.3) is 0 Å². The molecule has 8 heteroatoms. The molecule has 0 fully saturated rings. The van der Waals surface area contributed by atoms with Gasteiger partial charge < -0.3 is 19.5 Å². The van der Waals surface area contributed by atoms with E-state index in [0.717, 1.165) is 10.0 Å². The van der Waals surface area contributed by atoms with Gasteiger partial charge in [-0.2, -0.15) is 0 Å². The summed E-state index contributed by atoms with van der Waals surface area (Å²) >= 11 is 4.77. The number of carbonyl (C=O) groups excluding carboxylic acids is 1. The van der Waals surface area contributed by atoms with Crippen molar-refractivity contribution < 1.29 is 19.0 Å². The minimum absolute atomic E-state index is 0.114. The van der Waals surface area contributed by atoms with E-state index in [9.17, 15) is 4.79 Å². The molecular weight excluding hydrogens is 384 g/mol. The first-order valence-corrected chi connectivity index (χ1v) is 8.40. The fourth-order valence-electron chi connectivity index (χ4n) is 1.90. The van der Waals surface area contributed by atoms with E-state index in [0.29, 0.717) is 23.2 Å². The quantitative estimate of drug-likeness (QED) is 0.594. The molecule has 1 aromatic carbocycles. The van der Waals surface area contributed by atoms with Crippen molar-refractivity contribution in [3.05, 3.63) is 45.9 Å². The average Bonchev–Trinajstić information content (AvgIpc) is 3.19. The summed E-state index contributed by atoms with van der Waals surface area (Å²) in [6, 6.07) is 3.59. The summed E-state index contributed by atoms with van der Waals surface area (Å²) < 4.78 is 16.7. The summed E-state index contributed by atoms with van der Waals surface area (Å²) in [4.78, 5) is 16.2. The van der Waals surface area contributed by atoms with Gasteiger partial charge in [0.2, 0.25) is 6.79 Å². The number of hydrogen-bond donors (Lipinski definition) is 1. The van der Waals surface area contributed by atoms with Crippen LogP contribution in [0.2, 0.25) is 0 Å². The summed E-state index contributed by atoms with van der Waals surface area (Å²) in [6.45, 7) is 4.52. The maximum absolute atomic E-state index is 12.1. The molecule has 1 N–H and O–H groups in total. The Bertz CT molecular complexity index is 747. The summed E-state index contributed by atoms with van der Waals surface area (Å²) in [5.41, 5.74) is 1.07. The van der Waals surface area contributed by atoms with Crippen molar-refractivity contribution in [2.24, 2.45) is 0 Å². The van der Waals surface area contributed by atoms with Gasteiger partial charge in [0.15, 0.2) is 22.3 Å². The van der Waals surface area contributed by atoms with Crippen LogP contribution in [0.5, 0.6) is 11.5 Å². The molecule has 0 unspecified atom stereocenters. The zero-order chi connectivity index (χ0) is 16.2. The second kappa shape index (κ2) is 7.01. The van der Waals surface area contributed by atoms with Crippen LogP contribution in [-0.2, 0) is 11.3 Å². The lowest BCUT2D eigenvalue weighted by Gasteiger charge is -2.07. The topological polar surface area (TPSA) is 69.7 Å². The lowest BCUT2D eigenvalue weighted by molar-refractivity contribution is 0.0465. The normalized spacial score (nSPS) is 12.0. The third-order valence-electron chi connectivity index (χ3n) is 3.01. The van der Waals surface area contributed by atoms with Crippen molar-refractivity contribution in [1.29, 1.82) is 0 Å². The zero-order valence-corrected chi connectivity index (χ0v) is 14.4. The van der Waals surface area contributed by atoms with Gasteiger partial charge in [0.25, 0.3) is 0 Å². The molecule has 0 radical (unpaired) electrons. The first-order chi connectivity index (χ1) is 11.2. The number of carbonyl (C=O) groups is 1. The van der Waals surface area contributed by atoms with Gasteiger partial charge in [-0.25, -0.2) is 9.78 Å². The number of rotatable bonds is 6. The predicted molar refractivity (Wildman–Crippen MR) is 90.2 cm³/mol. The van der Waals surface area contributed by atoms with Crippen LogP contribution >= 0.6 is 27.3 Å². The fraction of sp³-hybridized carbons (Fsp3) is 0.200. The van der Waals surface area contributed by atoms with Crippen molar-refractivity contribution in [3.8, 4) is 11.5 Å². The molecular formula is C15H13BrN2O4S. The predicted octanol–water partition coefficient (Wildman–Crippen LogP) is 3.59. The monoisotopic (exact) mass is 396 g/mol. The largest absolute Gasteiger partial charge is 0.456 e. The highest BCUT2D eigenvalue weighted by molar-refractivity contribution is 9.10. The van der Waals surface area contributed by atoms with Crippen LogP contribution in [-0.4, -0.2) is 24.3 Å². The number of nitrogens with one attached hydrogen (secondary N) is 1. The van der Waals surface area contributed by atoms with Gasteiger partial charge >= 0.3 is 5.97 Å². The summed E-state index contributed by atoms with van der Waals surface area (Å²) in [6.07, 6.45) is 1.72. The van der Waals surface area contributed by atoms with Crippen molar-refractivity contribution in [1.82, 2.24) is 4.98 Å². The molecule has 1 aliphatic heterocycles. The molecule has 0 saturated carbocycles. The third-order valence-corrected chi connectivity index (χ3v) is 4.55. The fourth-order valence-corrected chi connectivity index (χ4v) is 3.02. The number of ether oxygens (including phenoxy) is 3. The molecule has 0 bridgehead atoms. The van der Waals surface area contributed by atoms with E-state index in [4.69, 9.17) is 14.2 Å². The Kier molecular flexibility index (Phi) is 4.82. The number of esters is 1. The molecule has 1 aliphatic rings. The van der Waals surface area contributed by atoms with E-state index in [1.54, 1.807) is 23.6 Å². The number of nitrogens with zero attached hydrogens (tertiary/aromatic N) is 1. The number of thiazole rings is 1. The molecule has 0 saturated heterocycles. The van der Waals surface area contributed by atoms with Gasteiger partial charge in [-0.1, -0.05) is 22.0 Å². The van der Waals surface area contributed by atoms with Crippen LogP contribution in [0, 0.1) is 0 Å². The Labute approximate surface area is 145 Å². The Morgan fingerprint density at radius 3 is 3.04 bits per heavy atom. The molecule has 120 valence electrons. The van der Waals surface area contributed by atoms with Crippen LogP contribution in [0.4, 0.5) is 5.13 Å². The first-order valence-electron chi connectivity index (χ1n) is 6.73. The molecule has 23 heavy (non-hydrogen) atoms. The highest BCUT2D eigenvalue weighted by Gasteiger charge is 2.18. The van der Waals surface area contributed by atoms with Crippen molar-refractivity contribution in [2.75, 3.05) is 18.7 Å². The second-order valence-electron chi connectivity index (χ2n) is 4.58. The third kappa shape index (κ3) is 3.65. The van der Waals surface area contributed by atoms with Gasteiger partial charge in [-0.05, 0) is 12.1 Å². The second-order valence-corrected chi connectivity index (χ2v) is 6.29. The van der Waals surface area contributed by atoms with Crippen LogP contribution in [0.1, 0.15) is 16.1 Å². The van der Waals surface area contributed by atoms with Crippen LogP contribution in [0.3, 0.4) is 0 Å². The van der Waals surface area contributed by atoms with E-state index < -0.39 is 5.97 Å². The maximum atomic E-state index is 12.1. The maximum Gasteiger partial charge on any atom is 0.358 e. The lowest BCUT2D eigenvalue weighted by atomic mass is 10.2. The standard InChI is InChI=1S/C15H13BrN2O4S/c1-2-3-17-15-18-11(7-23-15)14(19)20-6-9-4-12-13(5-10(9)16)22-8-21-12/h2,4-5,7H,1,3,6,8H2,(H,17,18). The van der Waals surface area contributed by atoms with E-state index in [-0.39, 0.29) is 19.1 Å². The number of halogens is 1. The number of benzene rings is 1. The average molecular weight is 397 g/mol. The lowest BCUT2D eigenvalue weighted by Crippen LogP contribution is -2.06. The Balaban J connectivity index is 1.63. The molecule has 6 nitrogen and oxygen atoms in total.